The number of hydrogen-bond acceptors (Lipinski definition) is 5. The summed E-state index contributed by atoms with van der Waals surface area (Å²) in [7, 11) is 0. The predicted molar refractivity (Wildman–Crippen MR) is 112 cm³/mol. The molecule has 1 N–H and O–H groups in total. The van der Waals surface area contributed by atoms with Crippen molar-refractivity contribution in [2.75, 3.05) is 5.32 Å². The van der Waals surface area contributed by atoms with E-state index in [2.05, 4.69) is 58.0 Å². The minimum absolute atomic E-state index is 0.0806. The monoisotopic (exact) mass is 391 g/mol. The number of rotatable bonds is 6. The Hall–Kier alpha value is -2.70. The van der Waals surface area contributed by atoms with Crippen LogP contribution < -0.4 is 5.32 Å². The lowest BCUT2D eigenvalue weighted by atomic mass is 10.1. The first-order valence-corrected chi connectivity index (χ1v) is 10.3. The van der Waals surface area contributed by atoms with Crippen LogP contribution in [0.25, 0.3) is 10.8 Å². The second kappa shape index (κ2) is 8.33. The van der Waals surface area contributed by atoms with Crippen LogP contribution in [-0.4, -0.2) is 16.1 Å². The highest BCUT2D eigenvalue weighted by Crippen LogP contribution is 2.30. The van der Waals surface area contributed by atoms with E-state index in [9.17, 15) is 4.79 Å². The number of fused-ring (bicyclic) bond motifs is 1. The van der Waals surface area contributed by atoms with Crippen LogP contribution in [0.4, 0.5) is 5.13 Å². The van der Waals surface area contributed by atoms with Crippen molar-refractivity contribution in [3.63, 3.8) is 0 Å². The van der Waals surface area contributed by atoms with Crippen molar-refractivity contribution in [1.29, 1.82) is 0 Å². The van der Waals surface area contributed by atoms with Gasteiger partial charge in [0, 0.05) is 5.75 Å². The summed E-state index contributed by atoms with van der Waals surface area (Å²) in [5.41, 5.74) is 2.24. The maximum Gasteiger partial charge on any atom is 0.230 e. The van der Waals surface area contributed by atoms with Gasteiger partial charge in [-0.05, 0) is 21.9 Å². The van der Waals surface area contributed by atoms with Crippen molar-refractivity contribution in [3.8, 4) is 0 Å². The van der Waals surface area contributed by atoms with Gasteiger partial charge in [0.2, 0.25) is 11.0 Å². The van der Waals surface area contributed by atoms with E-state index in [-0.39, 0.29) is 5.91 Å². The smallest absolute Gasteiger partial charge is 0.230 e. The fourth-order valence-corrected chi connectivity index (χ4v) is 4.59. The third-order valence-electron chi connectivity index (χ3n) is 4.09. The minimum Gasteiger partial charge on any atom is -0.300 e. The van der Waals surface area contributed by atoms with Gasteiger partial charge in [-0.1, -0.05) is 95.9 Å². The molecule has 0 aliphatic carbocycles. The van der Waals surface area contributed by atoms with Gasteiger partial charge < -0.3 is 5.32 Å². The summed E-state index contributed by atoms with van der Waals surface area (Å²) in [4.78, 5) is 12.1. The number of nitrogens with zero attached hydrogens (tertiary/aromatic N) is 2. The maximum atomic E-state index is 12.1. The standard InChI is InChI=1S/C21H17N3OS2/c25-19(13-15-7-2-1-3-8-15)22-20-23-24-21(27-20)26-14-17-11-6-10-16-9-4-5-12-18(16)17/h1-12H,13-14H2,(H,22,23,25). The van der Waals surface area contributed by atoms with E-state index in [1.807, 2.05) is 30.3 Å². The summed E-state index contributed by atoms with van der Waals surface area (Å²) in [6, 6.07) is 24.4. The molecular formula is C21H17N3OS2. The first-order chi connectivity index (χ1) is 13.3. The zero-order valence-corrected chi connectivity index (χ0v) is 16.1. The fraction of sp³-hybridized carbons (Fsp3) is 0.0952. The molecule has 0 saturated carbocycles. The number of carbonyl (C=O) groups is 1. The van der Waals surface area contributed by atoms with Gasteiger partial charge in [-0.25, -0.2) is 0 Å². The normalized spacial score (nSPS) is 10.8. The second-order valence-corrected chi connectivity index (χ2v) is 8.21. The number of anilines is 1. The fourth-order valence-electron chi connectivity index (χ4n) is 2.82. The van der Waals surface area contributed by atoms with E-state index >= 15 is 0 Å². The van der Waals surface area contributed by atoms with Gasteiger partial charge in [-0.2, -0.15) is 0 Å². The van der Waals surface area contributed by atoms with Gasteiger partial charge in [-0.15, -0.1) is 10.2 Å². The highest BCUT2D eigenvalue weighted by atomic mass is 32.2. The van der Waals surface area contributed by atoms with E-state index in [1.165, 1.54) is 27.7 Å². The Balaban J connectivity index is 1.37. The molecule has 27 heavy (non-hydrogen) atoms. The van der Waals surface area contributed by atoms with Gasteiger partial charge in [0.05, 0.1) is 6.42 Å². The summed E-state index contributed by atoms with van der Waals surface area (Å²) in [6.45, 7) is 0. The summed E-state index contributed by atoms with van der Waals surface area (Å²) in [5, 5.41) is 14.1. The molecule has 4 nitrogen and oxygen atoms in total. The molecule has 6 heteroatoms. The van der Waals surface area contributed by atoms with E-state index in [1.54, 1.807) is 11.8 Å². The molecule has 134 valence electrons. The van der Waals surface area contributed by atoms with E-state index in [0.717, 1.165) is 15.7 Å². The van der Waals surface area contributed by atoms with Gasteiger partial charge in [-0.3, -0.25) is 4.79 Å². The lowest BCUT2D eigenvalue weighted by molar-refractivity contribution is -0.115. The first kappa shape index (κ1) is 17.7. The molecule has 1 aromatic heterocycles. The topological polar surface area (TPSA) is 54.9 Å². The SMILES string of the molecule is O=C(Cc1ccccc1)Nc1nnc(SCc2cccc3ccccc23)s1. The zero-order chi connectivity index (χ0) is 18.5. The highest BCUT2D eigenvalue weighted by molar-refractivity contribution is 8.00. The Morgan fingerprint density at radius 1 is 0.926 bits per heavy atom. The van der Waals surface area contributed by atoms with Crippen molar-refractivity contribution in [1.82, 2.24) is 10.2 Å². The Morgan fingerprint density at radius 2 is 1.70 bits per heavy atom. The average Bonchev–Trinajstić information content (AvgIpc) is 3.14. The Morgan fingerprint density at radius 3 is 2.59 bits per heavy atom. The third kappa shape index (κ3) is 4.53. The van der Waals surface area contributed by atoms with Crippen LogP contribution in [0.1, 0.15) is 11.1 Å². The molecule has 0 saturated heterocycles. The van der Waals surface area contributed by atoms with E-state index in [0.29, 0.717) is 11.6 Å². The molecule has 0 aliphatic rings. The van der Waals surface area contributed by atoms with Crippen LogP contribution in [0.15, 0.2) is 77.1 Å². The molecule has 4 aromatic rings. The molecule has 0 unspecified atom stereocenters. The molecule has 0 radical (unpaired) electrons. The molecular weight excluding hydrogens is 374 g/mol. The first-order valence-electron chi connectivity index (χ1n) is 8.55. The van der Waals surface area contributed by atoms with Crippen LogP contribution in [0.3, 0.4) is 0 Å². The van der Waals surface area contributed by atoms with Gasteiger partial charge in [0.25, 0.3) is 0 Å². The number of thioether (sulfide) groups is 1. The summed E-state index contributed by atoms with van der Waals surface area (Å²) in [5.74, 6) is 0.733. The van der Waals surface area contributed by atoms with Gasteiger partial charge >= 0.3 is 0 Å². The molecule has 0 aliphatic heterocycles. The van der Waals surface area contributed by atoms with Crippen LogP contribution in [-0.2, 0) is 17.0 Å². The van der Waals surface area contributed by atoms with Crippen LogP contribution >= 0.6 is 23.1 Å². The Kier molecular flexibility index (Phi) is 5.46. The molecule has 4 rings (SSSR count). The number of amides is 1. The average molecular weight is 392 g/mol. The lowest BCUT2D eigenvalue weighted by Crippen LogP contribution is -2.14. The van der Waals surface area contributed by atoms with Crippen LogP contribution in [0, 0.1) is 0 Å². The number of nitrogens with one attached hydrogen (secondary N) is 1. The molecule has 0 bridgehead atoms. The third-order valence-corrected chi connectivity index (χ3v) is 6.11. The second-order valence-electron chi connectivity index (χ2n) is 6.01. The van der Waals surface area contributed by atoms with E-state index in [4.69, 9.17) is 0 Å². The largest absolute Gasteiger partial charge is 0.300 e. The molecule has 1 amide bonds. The van der Waals surface area contributed by atoms with E-state index < -0.39 is 0 Å². The van der Waals surface area contributed by atoms with Crippen molar-refractivity contribution < 1.29 is 4.79 Å². The maximum absolute atomic E-state index is 12.1. The number of carbonyl (C=O) groups excluding carboxylic acids is 1. The molecule has 0 spiro atoms. The summed E-state index contributed by atoms with van der Waals surface area (Å²) >= 11 is 3.04. The number of hydrogen-bond donors (Lipinski definition) is 1. The predicted octanol–water partition coefficient (Wildman–Crippen LogP) is 5.16. The molecule has 0 fully saturated rings. The highest BCUT2D eigenvalue weighted by Gasteiger charge is 2.10. The van der Waals surface area contributed by atoms with Crippen LogP contribution in [0.5, 0.6) is 0 Å². The number of benzene rings is 3. The number of aromatic nitrogens is 2. The van der Waals surface area contributed by atoms with Crippen LogP contribution in [0.2, 0.25) is 0 Å². The Labute approximate surface area is 165 Å². The van der Waals surface area contributed by atoms with Gasteiger partial charge in [0.1, 0.15) is 0 Å². The van der Waals surface area contributed by atoms with Gasteiger partial charge in [0.15, 0.2) is 4.34 Å². The molecule has 1 heterocycles. The molecule has 0 atom stereocenters. The van der Waals surface area contributed by atoms with Crippen molar-refractivity contribution in [3.05, 3.63) is 83.9 Å². The zero-order valence-electron chi connectivity index (χ0n) is 14.5. The quantitative estimate of drug-likeness (QED) is 0.364. The van der Waals surface area contributed by atoms with Crippen molar-refractivity contribution >= 4 is 44.9 Å². The minimum atomic E-state index is -0.0806. The summed E-state index contributed by atoms with van der Waals surface area (Å²) in [6.07, 6.45) is 0.332. The molecule has 3 aromatic carbocycles. The Bertz CT molecular complexity index is 1060. The van der Waals surface area contributed by atoms with Crippen molar-refractivity contribution in [2.24, 2.45) is 0 Å². The summed E-state index contributed by atoms with van der Waals surface area (Å²) < 4.78 is 0.845. The lowest BCUT2D eigenvalue weighted by Gasteiger charge is -2.04. The van der Waals surface area contributed by atoms with Crippen molar-refractivity contribution in [2.45, 2.75) is 16.5 Å².